The molecule has 5 rings (SSSR count). The summed E-state index contributed by atoms with van der Waals surface area (Å²) in [7, 11) is 0. The Kier molecular flexibility index (Phi) is 2.98. The number of halogens is 1. The van der Waals surface area contributed by atoms with Crippen LogP contribution in [0.4, 0.5) is 0 Å². The number of amides is 1. The van der Waals surface area contributed by atoms with Crippen molar-refractivity contribution in [2.24, 2.45) is 29.1 Å². The van der Waals surface area contributed by atoms with Gasteiger partial charge in [0.2, 0.25) is 5.91 Å². The molecule has 4 saturated carbocycles. The van der Waals surface area contributed by atoms with Crippen LogP contribution in [-0.2, 0) is 4.79 Å². The Balaban J connectivity index is 1.53. The predicted octanol–water partition coefficient (Wildman–Crippen LogP) is 3.45. The normalized spacial score (nSPS) is 47.9. The minimum Gasteiger partial charge on any atom is -0.342 e. The fraction of sp³-hybridized carbons (Fsp3) is 0.938. The maximum absolute atomic E-state index is 13.1. The molecule has 1 heterocycles. The molecule has 0 radical (unpaired) electrons. The molecule has 1 saturated heterocycles. The molecule has 1 amide bonds. The molecular weight excluding hydrogens is 302 g/mol. The van der Waals surface area contributed by atoms with Crippen LogP contribution < -0.4 is 0 Å². The summed E-state index contributed by atoms with van der Waals surface area (Å²) in [6, 6.07) is 0. The zero-order valence-corrected chi connectivity index (χ0v) is 13.2. The van der Waals surface area contributed by atoms with E-state index in [9.17, 15) is 4.79 Å². The summed E-state index contributed by atoms with van der Waals surface area (Å²) < 4.78 is 0. The zero-order valence-electron chi connectivity index (χ0n) is 11.6. The third kappa shape index (κ3) is 1.99. The van der Waals surface area contributed by atoms with E-state index in [2.05, 4.69) is 20.8 Å². The van der Waals surface area contributed by atoms with Crippen LogP contribution in [0, 0.1) is 29.1 Å². The number of nitrogens with zero attached hydrogens (tertiary/aromatic N) is 1. The minimum absolute atomic E-state index is 0.0793. The number of hydrogen-bond donors (Lipinski definition) is 0. The van der Waals surface area contributed by atoms with Crippen molar-refractivity contribution in [2.75, 3.05) is 18.4 Å². The van der Waals surface area contributed by atoms with E-state index in [0.29, 0.717) is 11.8 Å². The van der Waals surface area contributed by atoms with Crippen molar-refractivity contribution < 1.29 is 4.79 Å². The molecule has 0 aromatic rings. The quantitative estimate of drug-likeness (QED) is 0.712. The van der Waals surface area contributed by atoms with Gasteiger partial charge in [0.15, 0.2) is 0 Å². The Hall–Kier alpha value is -0.0500. The molecule has 4 bridgehead atoms. The van der Waals surface area contributed by atoms with E-state index in [4.69, 9.17) is 0 Å². The van der Waals surface area contributed by atoms with E-state index in [1.807, 2.05) is 0 Å². The SMILES string of the molecule is O=C(N1CCC(CBr)C1)C12CC3CC(CC(C3)C1)C2. The van der Waals surface area contributed by atoms with Gasteiger partial charge in [-0.25, -0.2) is 0 Å². The van der Waals surface area contributed by atoms with Gasteiger partial charge in [-0.05, 0) is 68.6 Å². The van der Waals surface area contributed by atoms with Gasteiger partial charge in [-0.3, -0.25) is 4.79 Å². The van der Waals surface area contributed by atoms with E-state index < -0.39 is 0 Å². The molecule has 106 valence electrons. The standard InChI is InChI=1S/C16H24BrNO/c17-9-11-1-2-18(10-11)15(19)16-6-12-3-13(7-16)5-14(4-12)8-16/h11-14H,1-10H2. The first-order valence-electron chi connectivity index (χ1n) is 8.04. The van der Waals surface area contributed by atoms with Gasteiger partial charge < -0.3 is 4.90 Å². The monoisotopic (exact) mass is 325 g/mol. The average molecular weight is 326 g/mol. The summed E-state index contributed by atoms with van der Waals surface area (Å²) >= 11 is 3.58. The molecule has 2 nitrogen and oxygen atoms in total. The molecule has 1 unspecified atom stereocenters. The van der Waals surface area contributed by atoms with E-state index in [0.717, 1.165) is 36.2 Å². The van der Waals surface area contributed by atoms with Crippen LogP contribution in [-0.4, -0.2) is 29.2 Å². The summed E-state index contributed by atoms with van der Waals surface area (Å²) in [4.78, 5) is 15.3. The Labute approximate surface area is 124 Å². The number of likely N-dealkylation sites (tertiary alicyclic amines) is 1. The highest BCUT2D eigenvalue weighted by molar-refractivity contribution is 9.09. The molecule has 0 aromatic heterocycles. The van der Waals surface area contributed by atoms with Crippen LogP contribution in [0.15, 0.2) is 0 Å². The van der Waals surface area contributed by atoms with Gasteiger partial charge >= 0.3 is 0 Å². The second-order valence-corrected chi connectivity index (χ2v) is 8.41. The zero-order chi connectivity index (χ0) is 13.0. The van der Waals surface area contributed by atoms with E-state index in [1.54, 1.807) is 0 Å². The molecule has 19 heavy (non-hydrogen) atoms. The van der Waals surface area contributed by atoms with Crippen LogP contribution in [0.5, 0.6) is 0 Å². The van der Waals surface area contributed by atoms with Gasteiger partial charge in [0, 0.05) is 18.4 Å². The van der Waals surface area contributed by atoms with Crippen molar-refractivity contribution in [1.29, 1.82) is 0 Å². The van der Waals surface area contributed by atoms with Crippen molar-refractivity contribution >= 4 is 21.8 Å². The lowest BCUT2D eigenvalue weighted by Gasteiger charge is -2.56. The van der Waals surface area contributed by atoms with Crippen LogP contribution in [0.1, 0.15) is 44.9 Å². The third-order valence-electron chi connectivity index (χ3n) is 6.28. The number of carbonyl (C=O) groups excluding carboxylic acids is 1. The molecule has 5 aliphatic rings. The molecule has 0 aromatic carbocycles. The summed E-state index contributed by atoms with van der Waals surface area (Å²) in [6.45, 7) is 2.02. The summed E-state index contributed by atoms with van der Waals surface area (Å²) in [6.07, 6.45) is 9.13. The molecule has 0 spiro atoms. The maximum Gasteiger partial charge on any atom is 0.228 e. The Morgan fingerprint density at radius 1 is 1.11 bits per heavy atom. The van der Waals surface area contributed by atoms with Crippen LogP contribution in [0.3, 0.4) is 0 Å². The Morgan fingerprint density at radius 3 is 2.16 bits per heavy atom. The summed E-state index contributed by atoms with van der Waals surface area (Å²) in [5.41, 5.74) is 0.0793. The Morgan fingerprint density at radius 2 is 1.68 bits per heavy atom. The molecule has 1 aliphatic heterocycles. The molecule has 3 heteroatoms. The summed E-state index contributed by atoms with van der Waals surface area (Å²) in [5.74, 6) is 3.87. The van der Waals surface area contributed by atoms with Gasteiger partial charge in [0.1, 0.15) is 0 Å². The largest absolute Gasteiger partial charge is 0.342 e. The van der Waals surface area contributed by atoms with Gasteiger partial charge in [0.05, 0.1) is 5.41 Å². The van der Waals surface area contributed by atoms with Crippen molar-refractivity contribution in [3.8, 4) is 0 Å². The first kappa shape index (κ1) is 12.7. The second-order valence-electron chi connectivity index (χ2n) is 7.76. The number of hydrogen-bond acceptors (Lipinski definition) is 1. The lowest BCUT2D eigenvalue weighted by molar-refractivity contribution is -0.156. The van der Waals surface area contributed by atoms with Crippen LogP contribution >= 0.6 is 15.9 Å². The van der Waals surface area contributed by atoms with Crippen LogP contribution in [0.2, 0.25) is 0 Å². The highest BCUT2D eigenvalue weighted by Crippen LogP contribution is 2.60. The van der Waals surface area contributed by atoms with E-state index in [1.165, 1.54) is 44.9 Å². The van der Waals surface area contributed by atoms with Gasteiger partial charge in [-0.15, -0.1) is 0 Å². The fourth-order valence-electron chi connectivity index (χ4n) is 5.85. The van der Waals surface area contributed by atoms with E-state index in [-0.39, 0.29) is 5.41 Å². The van der Waals surface area contributed by atoms with Crippen molar-refractivity contribution in [3.63, 3.8) is 0 Å². The lowest BCUT2D eigenvalue weighted by atomic mass is 9.49. The highest BCUT2D eigenvalue weighted by atomic mass is 79.9. The average Bonchev–Trinajstić information content (AvgIpc) is 2.84. The molecular formula is C16H24BrNO. The second kappa shape index (κ2) is 4.47. The first-order valence-corrected chi connectivity index (χ1v) is 9.16. The van der Waals surface area contributed by atoms with Gasteiger partial charge in [-0.1, -0.05) is 15.9 Å². The molecule has 0 N–H and O–H groups in total. The molecule has 4 aliphatic carbocycles. The number of carbonyl (C=O) groups is 1. The van der Waals surface area contributed by atoms with Crippen LogP contribution in [0.25, 0.3) is 0 Å². The number of rotatable bonds is 2. The minimum atomic E-state index is 0.0793. The molecule has 1 atom stereocenters. The Bertz CT molecular complexity index is 359. The summed E-state index contributed by atoms with van der Waals surface area (Å²) in [5, 5.41) is 1.05. The fourth-order valence-corrected chi connectivity index (χ4v) is 6.38. The van der Waals surface area contributed by atoms with Gasteiger partial charge in [0.25, 0.3) is 0 Å². The molecule has 5 fully saturated rings. The maximum atomic E-state index is 13.1. The number of alkyl halides is 1. The smallest absolute Gasteiger partial charge is 0.228 e. The lowest BCUT2D eigenvalue weighted by Crippen LogP contribution is -2.54. The van der Waals surface area contributed by atoms with Crippen molar-refractivity contribution in [2.45, 2.75) is 44.9 Å². The highest BCUT2D eigenvalue weighted by Gasteiger charge is 2.55. The third-order valence-corrected chi connectivity index (χ3v) is 7.20. The van der Waals surface area contributed by atoms with Crippen molar-refractivity contribution in [1.82, 2.24) is 4.90 Å². The van der Waals surface area contributed by atoms with E-state index >= 15 is 0 Å². The first-order chi connectivity index (χ1) is 9.18. The predicted molar refractivity (Wildman–Crippen MR) is 79.1 cm³/mol. The topological polar surface area (TPSA) is 20.3 Å². The van der Waals surface area contributed by atoms with Crippen molar-refractivity contribution in [3.05, 3.63) is 0 Å². The van der Waals surface area contributed by atoms with Gasteiger partial charge in [-0.2, -0.15) is 0 Å².